The fraction of sp³-hybridized carbons (Fsp3) is 0.500. The van der Waals surface area contributed by atoms with Crippen LogP contribution in [0.3, 0.4) is 0 Å². The normalized spacial score (nSPS) is 21.3. The summed E-state index contributed by atoms with van der Waals surface area (Å²) in [4.78, 5) is 0. The van der Waals surface area contributed by atoms with Crippen LogP contribution < -0.4 is 5.30 Å². The SMILES string of the molecule is CN(C(c1ccc2c(c1)C1c3ccccc3C2c2ccccc21)c1cc2c(cc1P(C(C)(C)C)C(C)(C)C)C(C)(C)CCC2(C)C)S(=O)C(C)(C)C. The molecular formula is C48H62NOPS. The van der Waals surface area contributed by atoms with Crippen molar-refractivity contribution in [1.82, 2.24) is 4.31 Å². The molecule has 0 N–H and O–H groups in total. The van der Waals surface area contributed by atoms with Crippen molar-refractivity contribution < 1.29 is 4.21 Å². The molecule has 0 fully saturated rings. The lowest BCUT2D eigenvalue weighted by molar-refractivity contribution is 0.331. The molecule has 52 heavy (non-hydrogen) atoms. The van der Waals surface area contributed by atoms with Gasteiger partial charge in [-0.2, -0.15) is 0 Å². The number of fused-ring (bicyclic) bond motifs is 1. The molecule has 8 rings (SSSR count). The van der Waals surface area contributed by atoms with Gasteiger partial charge in [0.15, 0.2) is 0 Å². The van der Waals surface area contributed by atoms with Crippen molar-refractivity contribution in [3.8, 4) is 0 Å². The molecule has 2 nitrogen and oxygen atoms in total. The topological polar surface area (TPSA) is 20.3 Å². The zero-order valence-electron chi connectivity index (χ0n) is 34.4. The highest BCUT2D eigenvalue weighted by Gasteiger charge is 2.46. The Morgan fingerprint density at radius 1 is 0.635 bits per heavy atom. The van der Waals surface area contributed by atoms with Crippen molar-refractivity contribution >= 4 is 24.2 Å². The highest BCUT2D eigenvalue weighted by atomic mass is 32.2. The van der Waals surface area contributed by atoms with E-state index in [1.165, 1.54) is 67.4 Å². The lowest BCUT2D eigenvalue weighted by atomic mass is 9.61. The number of benzene rings is 4. The first-order chi connectivity index (χ1) is 24.0. The summed E-state index contributed by atoms with van der Waals surface area (Å²) < 4.78 is 16.5. The number of rotatable bonds is 5. The molecule has 2 bridgehead atoms. The van der Waals surface area contributed by atoms with Crippen LogP contribution in [0.1, 0.15) is 176 Å². The Bertz CT molecular complexity index is 2010. The van der Waals surface area contributed by atoms with Crippen LogP contribution in [0, 0.1) is 0 Å². The summed E-state index contributed by atoms with van der Waals surface area (Å²) in [6, 6.07) is 30.6. The average molecular weight is 732 g/mol. The third kappa shape index (κ3) is 6.10. The van der Waals surface area contributed by atoms with Gasteiger partial charge in [0.25, 0.3) is 0 Å². The minimum atomic E-state index is -1.25. The molecule has 0 radical (unpaired) electrons. The van der Waals surface area contributed by atoms with E-state index in [-0.39, 0.29) is 39.0 Å². The van der Waals surface area contributed by atoms with Crippen molar-refractivity contribution in [2.75, 3.05) is 7.05 Å². The van der Waals surface area contributed by atoms with E-state index in [0.717, 1.165) is 6.42 Å². The third-order valence-corrected chi connectivity index (χ3v) is 17.6. The van der Waals surface area contributed by atoms with Gasteiger partial charge in [-0.05, 0) is 116 Å². The molecule has 4 aromatic rings. The lowest BCUT2D eigenvalue weighted by Crippen LogP contribution is -2.42. The van der Waals surface area contributed by atoms with Gasteiger partial charge in [0.1, 0.15) is 11.0 Å². The number of hydrogen-bond acceptors (Lipinski definition) is 1. The quantitative estimate of drug-likeness (QED) is 0.162. The van der Waals surface area contributed by atoms with E-state index >= 15 is 0 Å². The summed E-state index contributed by atoms with van der Waals surface area (Å²) in [5.74, 6) is 0.425. The summed E-state index contributed by atoms with van der Waals surface area (Å²) in [6.07, 6.45) is 2.34. The van der Waals surface area contributed by atoms with E-state index in [1.807, 2.05) is 0 Å². The van der Waals surface area contributed by atoms with Crippen LogP contribution in [0.2, 0.25) is 0 Å². The summed E-state index contributed by atoms with van der Waals surface area (Å²) in [5.41, 5.74) is 14.3. The molecule has 0 spiro atoms. The summed E-state index contributed by atoms with van der Waals surface area (Å²) in [5, 5.41) is 1.62. The number of nitrogens with zero attached hydrogens (tertiary/aromatic N) is 1. The van der Waals surface area contributed by atoms with Gasteiger partial charge in [0.05, 0.1) is 10.8 Å². The molecule has 4 aliphatic rings. The molecule has 4 aromatic carbocycles. The third-order valence-electron chi connectivity index (χ3n) is 12.3. The Labute approximate surface area is 319 Å². The second-order valence-electron chi connectivity index (χ2n) is 20.2. The molecule has 0 amide bonds. The first kappa shape index (κ1) is 37.7. The molecular weight excluding hydrogens is 670 g/mol. The minimum Gasteiger partial charge on any atom is -0.242 e. The van der Waals surface area contributed by atoms with E-state index in [4.69, 9.17) is 0 Å². The van der Waals surface area contributed by atoms with Crippen molar-refractivity contribution in [2.24, 2.45) is 0 Å². The Kier molecular flexibility index (Phi) is 9.05. The zero-order valence-corrected chi connectivity index (χ0v) is 36.1. The van der Waals surface area contributed by atoms with Crippen LogP contribution >= 0.6 is 7.92 Å². The molecule has 0 saturated heterocycles. The highest BCUT2D eigenvalue weighted by Crippen LogP contribution is 2.61. The summed E-state index contributed by atoms with van der Waals surface area (Å²) >= 11 is 0. The maximum absolute atomic E-state index is 14.7. The first-order valence-electron chi connectivity index (χ1n) is 19.5. The zero-order chi connectivity index (χ0) is 37.9. The fourth-order valence-corrected chi connectivity index (χ4v) is 15.7. The van der Waals surface area contributed by atoms with E-state index in [2.05, 4.69) is 180 Å². The first-order valence-corrected chi connectivity index (χ1v) is 21.9. The monoisotopic (exact) mass is 731 g/mol. The van der Waals surface area contributed by atoms with Crippen LogP contribution in [0.25, 0.3) is 0 Å². The van der Waals surface area contributed by atoms with Gasteiger partial charge in [0, 0.05) is 18.9 Å². The van der Waals surface area contributed by atoms with Gasteiger partial charge in [-0.3, -0.25) is 0 Å². The molecule has 2 atom stereocenters. The maximum Gasteiger partial charge on any atom is 0.100 e. The van der Waals surface area contributed by atoms with Crippen LogP contribution in [-0.2, 0) is 21.8 Å². The van der Waals surface area contributed by atoms with Crippen LogP contribution in [0.4, 0.5) is 0 Å². The predicted molar refractivity (Wildman–Crippen MR) is 227 cm³/mol. The van der Waals surface area contributed by atoms with Gasteiger partial charge in [0.2, 0.25) is 0 Å². The highest BCUT2D eigenvalue weighted by molar-refractivity contribution is 7.84. The van der Waals surface area contributed by atoms with Gasteiger partial charge in [-0.15, -0.1) is 0 Å². The molecule has 0 heterocycles. The van der Waals surface area contributed by atoms with E-state index in [0.29, 0.717) is 0 Å². The van der Waals surface area contributed by atoms with Crippen molar-refractivity contribution in [3.05, 3.63) is 134 Å². The van der Waals surface area contributed by atoms with E-state index in [9.17, 15) is 4.21 Å². The van der Waals surface area contributed by atoms with Gasteiger partial charge >= 0.3 is 0 Å². The molecule has 276 valence electrons. The van der Waals surface area contributed by atoms with Gasteiger partial charge < -0.3 is 0 Å². The average Bonchev–Trinajstić information content (AvgIpc) is 3.05. The standard InChI is InChI=1S/C48H62NOPS/c1-44(2,3)51(45(4,5)6)40-29-39-38(47(10,11)25-26-48(39,12)13)28-37(40)43(49(14)52(50)46(7,8)9)30-23-24-35-36(27-30)42-33-21-17-15-19-31(33)41(35)32-20-16-18-22-34(32)42/h15-24,27-29,41-43H,25-26H2,1-14H3. The number of hydrogen-bond donors (Lipinski definition) is 0. The summed E-state index contributed by atoms with van der Waals surface area (Å²) in [7, 11) is 0.223. The van der Waals surface area contributed by atoms with Gasteiger partial charge in [-0.25, -0.2) is 8.51 Å². The van der Waals surface area contributed by atoms with Crippen LogP contribution in [0.15, 0.2) is 78.9 Å². The van der Waals surface area contributed by atoms with Crippen molar-refractivity contribution in [3.63, 3.8) is 0 Å². The van der Waals surface area contributed by atoms with E-state index in [1.54, 1.807) is 0 Å². The Morgan fingerprint density at radius 3 is 1.50 bits per heavy atom. The van der Waals surface area contributed by atoms with E-state index < -0.39 is 23.7 Å². The molecule has 0 saturated carbocycles. The molecule has 4 aliphatic carbocycles. The fourth-order valence-electron chi connectivity index (χ4n) is 10.2. The molecule has 0 aromatic heterocycles. The summed E-state index contributed by atoms with van der Waals surface area (Å²) in [6.45, 7) is 30.8. The lowest BCUT2D eigenvalue weighted by Gasteiger charge is -2.48. The second kappa shape index (κ2) is 12.5. The molecule has 2 unspecified atom stereocenters. The second-order valence-corrected chi connectivity index (χ2v) is 26.4. The molecule has 0 aliphatic heterocycles. The predicted octanol–water partition coefficient (Wildman–Crippen LogP) is 12.2. The maximum atomic E-state index is 14.7. The minimum absolute atomic E-state index is 0.0546. The van der Waals surface area contributed by atoms with Crippen molar-refractivity contribution in [2.45, 2.75) is 147 Å². The Balaban J connectivity index is 1.54. The Hall–Kier alpha value is -2.58. The Morgan fingerprint density at radius 2 is 1.06 bits per heavy atom. The van der Waals surface area contributed by atoms with Gasteiger partial charge in [-0.1, -0.05) is 156 Å². The largest absolute Gasteiger partial charge is 0.242 e. The van der Waals surface area contributed by atoms with Crippen LogP contribution in [-0.4, -0.2) is 30.6 Å². The van der Waals surface area contributed by atoms with Crippen molar-refractivity contribution in [1.29, 1.82) is 0 Å². The van der Waals surface area contributed by atoms with Crippen LogP contribution in [0.5, 0.6) is 0 Å². The molecule has 4 heteroatoms. The smallest absolute Gasteiger partial charge is 0.100 e.